The van der Waals surface area contributed by atoms with Gasteiger partial charge in [-0.2, -0.15) is 5.10 Å². The molecule has 3 amide bonds. The van der Waals surface area contributed by atoms with Crippen molar-refractivity contribution in [3.63, 3.8) is 0 Å². The number of hydrogen-bond acceptors (Lipinski definition) is 5. The molecular formula is C13H10N4O3. The maximum atomic E-state index is 11.9. The van der Waals surface area contributed by atoms with Gasteiger partial charge in [0.2, 0.25) is 5.91 Å². The average molecular weight is 270 g/mol. The van der Waals surface area contributed by atoms with Crippen LogP contribution in [0, 0.1) is 0 Å². The van der Waals surface area contributed by atoms with Crippen molar-refractivity contribution in [2.75, 3.05) is 11.4 Å². The molecule has 1 fully saturated rings. The van der Waals surface area contributed by atoms with E-state index in [1.54, 1.807) is 24.4 Å². The summed E-state index contributed by atoms with van der Waals surface area (Å²) in [5, 5.41) is 11.5. The van der Waals surface area contributed by atoms with Gasteiger partial charge in [0.1, 0.15) is 6.29 Å². The lowest BCUT2D eigenvalue weighted by molar-refractivity contribution is -0.120. The van der Waals surface area contributed by atoms with Gasteiger partial charge in [0.15, 0.2) is 5.82 Å². The molecule has 1 aliphatic rings. The Bertz CT molecular complexity index is 729. The van der Waals surface area contributed by atoms with Crippen LogP contribution in [0.5, 0.6) is 0 Å². The first-order valence-electron chi connectivity index (χ1n) is 6.01. The number of urea groups is 1. The predicted octanol–water partition coefficient (Wildman–Crippen LogP) is 0.889. The molecule has 2 aromatic rings. The number of benzene rings is 1. The first-order chi connectivity index (χ1) is 9.69. The molecule has 0 bridgehead atoms. The molecule has 0 radical (unpaired) electrons. The second-order valence-corrected chi connectivity index (χ2v) is 4.39. The molecule has 2 heterocycles. The lowest BCUT2D eigenvalue weighted by Crippen LogP contribution is -2.50. The molecule has 1 saturated heterocycles. The van der Waals surface area contributed by atoms with E-state index >= 15 is 0 Å². The zero-order chi connectivity index (χ0) is 14.1. The summed E-state index contributed by atoms with van der Waals surface area (Å²) in [5.41, 5.74) is 0.486. The Morgan fingerprint density at radius 3 is 2.90 bits per heavy atom. The molecule has 1 aromatic heterocycles. The van der Waals surface area contributed by atoms with Crippen molar-refractivity contribution in [3.05, 3.63) is 30.0 Å². The molecule has 7 heteroatoms. The van der Waals surface area contributed by atoms with Gasteiger partial charge in [-0.3, -0.25) is 19.8 Å². The third-order valence-corrected chi connectivity index (χ3v) is 3.11. The highest BCUT2D eigenvalue weighted by atomic mass is 16.2. The van der Waals surface area contributed by atoms with Gasteiger partial charge in [-0.15, -0.1) is 5.10 Å². The summed E-state index contributed by atoms with van der Waals surface area (Å²) in [7, 11) is 0. The van der Waals surface area contributed by atoms with Crippen molar-refractivity contribution >= 4 is 34.8 Å². The molecule has 7 nitrogen and oxygen atoms in total. The number of anilines is 1. The Hall–Kier alpha value is -2.83. The van der Waals surface area contributed by atoms with E-state index in [1.165, 1.54) is 4.90 Å². The molecule has 0 atom stereocenters. The lowest BCUT2D eigenvalue weighted by Gasteiger charge is -2.25. The molecule has 0 unspecified atom stereocenters. The van der Waals surface area contributed by atoms with Gasteiger partial charge in [-0.25, -0.2) is 4.79 Å². The van der Waals surface area contributed by atoms with Gasteiger partial charge in [-0.05, 0) is 6.07 Å². The van der Waals surface area contributed by atoms with Crippen LogP contribution in [0.25, 0.3) is 10.8 Å². The number of nitrogens with zero attached hydrogens (tertiary/aromatic N) is 3. The third kappa shape index (κ3) is 1.99. The summed E-state index contributed by atoms with van der Waals surface area (Å²) in [6.07, 6.45) is 2.49. The van der Waals surface area contributed by atoms with Crippen LogP contribution < -0.4 is 10.2 Å². The number of amides is 3. The zero-order valence-corrected chi connectivity index (χ0v) is 10.4. The van der Waals surface area contributed by atoms with Crippen molar-refractivity contribution in [2.45, 2.75) is 6.42 Å². The standard InChI is InChI=1S/C13H10N4O3/c18-7-8-1-2-9-6-14-16-12(10(9)5-8)17-4-3-11(19)15-13(17)20/h1-2,5-7H,3-4H2,(H,15,19,20). The largest absolute Gasteiger partial charge is 0.329 e. The summed E-state index contributed by atoms with van der Waals surface area (Å²) >= 11 is 0. The molecule has 20 heavy (non-hydrogen) atoms. The third-order valence-electron chi connectivity index (χ3n) is 3.11. The highest BCUT2D eigenvalue weighted by molar-refractivity contribution is 6.09. The van der Waals surface area contributed by atoms with Gasteiger partial charge >= 0.3 is 6.03 Å². The number of rotatable bonds is 2. The monoisotopic (exact) mass is 270 g/mol. The van der Waals surface area contributed by atoms with Crippen LogP contribution in [0.4, 0.5) is 10.6 Å². The zero-order valence-electron chi connectivity index (χ0n) is 10.4. The van der Waals surface area contributed by atoms with Crippen LogP contribution in [0.2, 0.25) is 0 Å². The molecule has 100 valence electrons. The van der Waals surface area contributed by atoms with E-state index in [0.717, 1.165) is 11.7 Å². The van der Waals surface area contributed by atoms with Crippen molar-refractivity contribution in [3.8, 4) is 0 Å². The van der Waals surface area contributed by atoms with Gasteiger partial charge in [0.05, 0.1) is 6.20 Å². The highest BCUT2D eigenvalue weighted by Gasteiger charge is 2.26. The van der Waals surface area contributed by atoms with Gasteiger partial charge in [-0.1, -0.05) is 12.1 Å². The summed E-state index contributed by atoms with van der Waals surface area (Å²) in [6, 6.07) is 4.53. The number of aromatic nitrogens is 2. The summed E-state index contributed by atoms with van der Waals surface area (Å²) in [4.78, 5) is 35.3. The number of carbonyl (C=O) groups is 3. The van der Waals surface area contributed by atoms with Crippen molar-refractivity contribution in [2.24, 2.45) is 0 Å². The minimum absolute atomic E-state index is 0.206. The Kier molecular flexibility index (Phi) is 2.86. The van der Waals surface area contributed by atoms with Gasteiger partial charge in [0, 0.05) is 29.3 Å². The van der Waals surface area contributed by atoms with Crippen LogP contribution >= 0.6 is 0 Å². The summed E-state index contributed by atoms with van der Waals surface area (Å²) in [5.74, 6) is 0.0317. The highest BCUT2D eigenvalue weighted by Crippen LogP contribution is 2.25. The van der Waals surface area contributed by atoms with Gasteiger partial charge in [0.25, 0.3) is 0 Å². The maximum Gasteiger partial charge on any atom is 0.329 e. The number of nitrogens with one attached hydrogen (secondary N) is 1. The van der Waals surface area contributed by atoms with Crippen LogP contribution in [-0.2, 0) is 4.79 Å². The number of hydrogen-bond donors (Lipinski definition) is 1. The first kappa shape index (κ1) is 12.2. The summed E-state index contributed by atoms with van der Waals surface area (Å²) in [6.45, 7) is 0.240. The topological polar surface area (TPSA) is 92.3 Å². The van der Waals surface area contributed by atoms with Crippen LogP contribution in [0.1, 0.15) is 16.8 Å². The second kappa shape index (κ2) is 4.69. The van der Waals surface area contributed by atoms with E-state index < -0.39 is 6.03 Å². The van der Waals surface area contributed by atoms with Crippen LogP contribution in [0.3, 0.4) is 0 Å². The average Bonchev–Trinajstić information content (AvgIpc) is 2.46. The Morgan fingerprint density at radius 1 is 1.30 bits per heavy atom. The molecule has 3 rings (SSSR count). The fraction of sp³-hybridized carbons (Fsp3) is 0.154. The minimum Gasteiger partial charge on any atom is -0.298 e. The molecule has 0 saturated carbocycles. The van der Waals surface area contributed by atoms with Crippen molar-refractivity contribution < 1.29 is 14.4 Å². The number of carbonyl (C=O) groups excluding carboxylic acids is 3. The normalized spacial score (nSPS) is 15.3. The SMILES string of the molecule is O=Cc1ccc2cnnc(N3CCC(=O)NC3=O)c2c1. The second-order valence-electron chi connectivity index (χ2n) is 4.39. The van der Waals surface area contributed by atoms with Crippen molar-refractivity contribution in [1.82, 2.24) is 15.5 Å². The molecule has 1 aromatic carbocycles. The van der Waals surface area contributed by atoms with E-state index in [0.29, 0.717) is 16.8 Å². The fourth-order valence-electron chi connectivity index (χ4n) is 2.12. The number of fused-ring (bicyclic) bond motifs is 1. The molecule has 0 aliphatic carbocycles. The van der Waals surface area contributed by atoms with Crippen LogP contribution in [-0.4, -0.2) is 35.0 Å². The van der Waals surface area contributed by atoms with E-state index in [-0.39, 0.29) is 18.9 Å². The first-order valence-corrected chi connectivity index (χ1v) is 6.01. The quantitative estimate of drug-likeness (QED) is 0.818. The van der Waals surface area contributed by atoms with Crippen LogP contribution in [0.15, 0.2) is 24.4 Å². The molecule has 0 spiro atoms. The lowest BCUT2D eigenvalue weighted by atomic mass is 10.1. The number of aldehydes is 1. The van der Waals surface area contributed by atoms with E-state index in [9.17, 15) is 14.4 Å². The molecule has 1 aliphatic heterocycles. The Balaban J connectivity index is 2.13. The summed E-state index contributed by atoms with van der Waals surface area (Å²) < 4.78 is 0. The predicted molar refractivity (Wildman–Crippen MR) is 70.4 cm³/mol. The molecule has 1 N–H and O–H groups in total. The Labute approximate surface area is 113 Å². The fourth-order valence-corrected chi connectivity index (χ4v) is 2.12. The number of imide groups is 1. The smallest absolute Gasteiger partial charge is 0.298 e. The van der Waals surface area contributed by atoms with E-state index in [1.807, 2.05) is 0 Å². The van der Waals surface area contributed by atoms with Gasteiger partial charge < -0.3 is 0 Å². The minimum atomic E-state index is -0.528. The van der Waals surface area contributed by atoms with E-state index in [4.69, 9.17) is 0 Å². The molecular weight excluding hydrogens is 260 g/mol. The van der Waals surface area contributed by atoms with Crippen molar-refractivity contribution in [1.29, 1.82) is 0 Å². The van der Waals surface area contributed by atoms with E-state index in [2.05, 4.69) is 15.5 Å². The Morgan fingerprint density at radius 2 is 2.15 bits per heavy atom. The maximum absolute atomic E-state index is 11.9.